The lowest BCUT2D eigenvalue weighted by atomic mass is 9.93. The molecule has 2 rings (SSSR count). The fraction of sp³-hybridized carbons (Fsp3) is 0.647. The highest BCUT2D eigenvalue weighted by Gasteiger charge is 2.35. The second-order valence-corrected chi connectivity index (χ2v) is 7.69. The Bertz CT molecular complexity index is 405. The number of rotatable bonds is 5. The minimum Gasteiger partial charge on any atom is -0.309 e. The van der Waals surface area contributed by atoms with E-state index in [1.165, 1.54) is 17.1 Å². The van der Waals surface area contributed by atoms with Gasteiger partial charge in [0.2, 0.25) is 0 Å². The zero-order valence-electron chi connectivity index (χ0n) is 13.2. The molecular weight excluding hydrogens is 264 g/mol. The van der Waals surface area contributed by atoms with Gasteiger partial charge in [0.05, 0.1) is 0 Å². The van der Waals surface area contributed by atoms with Gasteiger partial charge in [-0.3, -0.25) is 4.90 Å². The molecule has 1 aromatic rings. The minimum atomic E-state index is 0.205. The normalized spacial score (nSPS) is 24.5. The summed E-state index contributed by atoms with van der Waals surface area (Å²) in [4.78, 5) is 2.69. The Kier molecular flexibility index (Phi) is 5.53. The van der Waals surface area contributed by atoms with E-state index in [1.807, 2.05) is 11.8 Å². The van der Waals surface area contributed by atoms with E-state index in [4.69, 9.17) is 0 Å². The van der Waals surface area contributed by atoms with Crippen molar-refractivity contribution in [2.24, 2.45) is 0 Å². The van der Waals surface area contributed by atoms with Crippen LogP contribution in [0.2, 0.25) is 0 Å². The van der Waals surface area contributed by atoms with E-state index >= 15 is 0 Å². The first-order chi connectivity index (χ1) is 9.53. The van der Waals surface area contributed by atoms with Gasteiger partial charge >= 0.3 is 0 Å². The number of thioether (sulfide) groups is 1. The molecule has 0 spiro atoms. The lowest BCUT2D eigenvalue weighted by Gasteiger charge is -2.47. The van der Waals surface area contributed by atoms with Gasteiger partial charge < -0.3 is 5.32 Å². The maximum absolute atomic E-state index is 3.70. The van der Waals surface area contributed by atoms with Crippen molar-refractivity contribution >= 4 is 11.8 Å². The predicted molar refractivity (Wildman–Crippen MR) is 90.4 cm³/mol. The Labute approximate surface area is 128 Å². The molecule has 1 aromatic carbocycles. The van der Waals surface area contributed by atoms with Gasteiger partial charge in [0.1, 0.15) is 0 Å². The van der Waals surface area contributed by atoms with Crippen molar-refractivity contribution in [2.45, 2.75) is 45.3 Å². The third-order valence-electron chi connectivity index (χ3n) is 4.07. The summed E-state index contributed by atoms with van der Waals surface area (Å²) in [5.74, 6) is 2.42. The molecule has 0 amide bonds. The van der Waals surface area contributed by atoms with Crippen LogP contribution in [0.25, 0.3) is 0 Å². The summed E-state index contributed by atoms with van der Waals surface area (Å²) in [7, 11) is 0. The van der Waals surface area contributed by atoms with E-state index in [0.29, 0.717) is 12.1 Å². The lowest BCUT2D eigenvalue weighted by Crippen LogP contribution is -2.60. The number of nitrogens with one attached hydrogen (secondary N) is 1. The van der Waals surface area contributed by atoms with Crippen molar-refractivity contribution in [1.29, 1.82) is 0 Å². The number of piperazine rings is 1. The molecule has 1 aliphatic heterocycles. The summed E-state index contributed by atoms with van der Waals surface area (Å²) >= 11 is 2.05. The summed E-state index contributed by atoms with van der Waals surface area (Å²) in [6.07, 6.45) is 0. The number of benzene rings is 1. The topological polar surface area (TPSA) is 15.3 Å². The van der Waals surface area contributed by atoms with Crippen LogP contribution in [-0.2, 0) is 0 Å². The Morgan fingerprint density at radius 2 is 2.05 bits per heavy atom. The van der Waals surface area contributed by atoms with E-state index in [9.17, 15) is 0 Å². The Balaban J connectivity index is 2.16. The zero-order valence-corrected chi connectivity index (χ0v) is 14.0. The first-order valence-corrected chi connectivity index (χ1v) is 8.82. The van der Waals surface area contributed by atoms with E-state index < -0.39 is 0 Å². The molecule has 0 bridgehead atoms. The summed E-state index contributed by atoms with van der Waals surface area (Å²) in [5.41, 5.74) is 1.64. The molecule has 2 unspecified atom stereocenters. The largest absolute Gasteiger partial charge is 0.309 e. The Hall–Kier alpha value is -0.510. The van der Waals surface area contributed by atoms with Crippen LogP contribution in [0.5, 0.6) is 0 Å². The van der Waals surface area contributed by atoms with Gasteiger partial charge in [0, 0.05) is 36.5 Å². The van der Waals surface area contributed by atoms with E-state index in [0.717, 1.165) is 13.1 Å². The number of nitrogens with zero attached hydrogens (tertiary/aromatic N) is 1. The second kappa shape index (κ2) is 6.97. The highest BCUT2D eigenvalue weighted by Crippen LogP contribution is 2.29. The van der Waals surface area contributed by atoms with Crippen molar-refractivity contribution in [1.82, 2.24) is 10.2 Å². The Morgan fingerprint density at radius 1 is 1.35 bits per heavy atom. The van der Waals surface area contributed by atoms with Crippen LogP contribution in [0.15, 0.2) is 30.3 Å². The van der Waals surface area contributed by atoms with Gasteiger partial charge in [0.15, 0.2) is 0 Å². The summed E-state index contributed by atoms with van der Waals surface area (Å²) < 4.78 is 0. The van der Waals surface area contributed by atoms with Crippen LogP contribution < -0.4 is 5.32 Å². The molecule has 1 heterocycles. The zero-order chi connectivity index (χ0) is 14.6. The standard InChI is InChI=1S/C17H28N2S/c1-5-20-12-14(2)19-13-17(3,4)18-11-16(19)15-9-7-6-8-10-15/h6-10,14,16,18H,5,11-13H2,1-4H3. The summed E-state index contributed by atoms with van der Waals surface area (Å²) in [5, 5.41) is 3.70. The van der Waals surface area contributed by atoms with Crippen LogP contribution in [0.1, 0.15) is 39.3 Å². The van der Waals surface area contributed by atoms with Crippen LogP contribution in [-0.4, -0.2) is 41.1 Å². The van der Waals surface area contributed by atoms with Gasteiger partial charge in [-0.05, 0) is 32.1 Å². The quantitative estimate of drug-likeness (QED) is 0.893. The van der Waals surface area contributed by atoms with Gasteiger partial charge in [-0.1, -0.05) is 37.3 Å². The first kappa shape index (κ1) is 15.9. The fourth-order valence-electron chi connectivity index (χ4n) is 2.94. The smallest absolute Gasteiger partial charge is 0.0476 e. The van der Waals surface area contributed by atoms with Crippen molar-refractivity contribution in [3.05, 3.63) is 35.9 Å². The fourth-order valence-corrected chi connectivity index (χ4v) is 3.71. The molecule has 0 aliphatic carbocycles. The van der Waals surface area contributed by atoms with Crippen LogP contribution in [0, 0.1) is 0 Å². The molecule has 1 saturated heterocycles. The van der Waals surface area contributed by atoms with Gasteiger partial charge in [0.25, 0.3) is 0 Å². The molecule has 1 N–H and O–H groups in total. The maximum Gasteiger partial charge on any atom is 0.0476 e. The molecule has 2 nitrogen and oxygen atoms in total. The third-order valence-corrected chi connectivity index (χ3v) is 5.19. The molecule has 0 saturated carbocycles. The van der Waals surface area contributed by atoms with Crippen LogP contribution in [0.3, 0.4) is 0 Å². The van der Waals surface area contributed by atoms with Crippen LogP contribution >= 0.6 is 11.8 Å². The van der Waals surface area contributed by atoms with Crippen molar-refractivity contribution in [3.8, 4) is 0 Å². The number of hydrogen-bond donors (Lipinski definition) is 1. The lowest BCUT2D eigenvalue weighted by molar-refractivity contribution is 0.0683. The van der Waals surface area contributed by atoms with E-state index in [1.54, 1.807) is 0 Å². The predicted octanol–water partition coefficient (Wildman–Crippen LogP) is 3.55. The highest BCUT2D eigenvalue weighted by atomic mass is 32.2. The van der Waals surface area contributed by atoms with Gasteiger partial charge in [-0.15, -0.1) is 0 Å². The second-order valence-electron chi connectivity index (χ2n) is 6.37. The molecule has 0 radical (unpaired) electrons. The van der Waals surface area contributed by atoms with Crippen LogP contribution in [0.4, 0.5) is 0 Å². The molecule has 20 heavy (non-hydrogen) atoms. The van der Waals surface area contributed by atoms with Gasteiger partial charge in [-0.2, -0.15) is 11.8 Å². The SMILES string of the molecule is CCSCC(C)N1CC(C)(C)NCC1c1ccccc1. The molecule has 1 aliphatic rings. The molecule has 0 aromatic heterocycles. The third kappa shape index (κ3) is 4.00. The van der Waals surface area contributed by atoms with Gasteiger partial charge in [-0.25, -0.2) is 0 Å². The summed E-state index contributed by atoms with van der Waals surface area (Å²) in [6, 6.07) is 12.0. The minimum absolute atomic E-state index is 0.205. The average molecular weight is 292 g/mol. The summed E-state index contributed by atoms with van der Waals surface area (Å²) in [6.45, 7) is 11.4. The molecule has 112 valence electrons. The highest BCUT2D eigenvalue weighted by molar-refractivity contribution is 7.99. The Morgan fingerprint density at radius 3 is 2.70 bits per heavy atom. The maximum atomic E-state index is 3.70. The van der Waals surface area contributed by atoms with Crippen molar-refractivity contribution in [2.75, 3.05) is 24.6 Å². The molecule has 2 atom stereocenters. The van der Waals surface area contributed by atoms with Crippen molar-refractivity contribution in [3.63, 3.8) is 0 Å². The molecular formula is C17H28N2S. The van der Waals surface area contributed by atoms with Crippen molar-refractivity contribution < 1.29 is 0 Å². The van der Waals surface area contributed by atoms with E-state index in [-0.39, 0.29) is 5.54 Å². The molecule has 1 fully saturated rings. The van der Waals surface area contributed by atoms with E-state index in [2.05, 4.69) is 68.2 Å². The first-order valence-electron chi connectivity index (χ1n) is 7.67. The average Bonchev–Trinajstić information content (AvgIpc) is 2.44. The monoisotopic (exact) mass is 292 g/mol. The number of hydrogen-bond acceptors (Lipinski definition) is 3. The molecule has 3 heteroatoms.